The lowest BCUT2D eigenvalue weighted by atomic mass is 10.1. The minimum atomic E-state index is -0.511. The fourth-order valence-corrected chi connectivity index (χ4v) is 4.19. The van der Waals surface area contributed by atoms with Gasteiger partial charge in [0.25, 0.3) is 5.69 Å². The van der Waals surface area contributed by atoms with E-state index in [-0.39, 0.29) is 23.2 Å². The van der Waals surface area contributed by atoms with Gasteiger partial charge in [0.2, 0.25) is 5.91 Å². The van der Waals surface area contributed by atoms with Crippen LogP contribution in [0.15, 0.2) is 18.2 Å². The van der Waals surface area contributed by atoms with Crippen LogP contribution in [0.3, 0.4) is 0 Å². The molecule has 1 aromatic carbocycles. The van der Waals surface area contributed by atoms with Crippen molar-refractivity contribution >= 4 is 29.0 Å². The van der Waals surface area contributed by atoms with Crippen molar-refractivity contribution in [3.05, 3.63) is 33.9 Å². The number of hydrogen-bond acceptors (Lipinski definition) is 6. The lowest BCUT2D eigenvalue weighted by molar-refractivity contribution is -0.384. The van der Waals surface area contributed by atoms with Gasteiger partial charge in [0.1, 0.15) is 12.1 Å². The van der Waals surface area contributed by atoms with Crippen molar-refractivity contribution in [3.8, 4) is 6.07 Å². The van der Waals surface area contributed by atoms with Crippen LogP contribution in [0.5, 0.6) is 0 Å². The van der Waals surface area contributed by atoms with Crippen molar-refractivity contribution in [2.45, 2.75) is 18.9 Å². The van der Waals surface area contributed by atoms with Crippen LogP contribution in [0.1, 0.15) is 18.4 Å². The Labute approximate surface area is 144 Å². The van der Waals surface area contributed by atoms with Crippen LogP contribution >= 0.6 is 11.8 Å². The predicted octanol–water partition coefficient (Wildman–Crippen LogP) is 2.01. The number of rotatable bonds is 3. The van der Waals surface area contributed by atoms with Gasteiger partial charge in [0, 0.05) is 43.3 Å². The Balaban J connectivity index is 1.86. The summed E-state index contributed by atoms with van der Waals surface area (Å²) in [4.78, 5) is 27.1. The fourth-order valence-electron chi connectivity index (χ4n) is 3.28. The SMILES string of the molecule is N#Cc1cc([N+](=O)[O-])ccc1N1CCC[C@H]1C(=O)N1CCSCC1. The van der Waals surface area contributed by atoms with Crippen LogP contribution in [0.4, 0.5) is 11.4 Å². The van der Waals surface area contributed by atoms with Crippen LogP contribution in [0, 0.1) is 21.4 Å². The standard InChI is InChI=1S/C16H18N4O3S/c17-11-12-10-13(20(22)23)3-4-14(12)19-5-1-2-15(19)16(21)18-6-8-24-9-7-18/h3-4,10,15H,1-2,5-9H2/t15-/m0/s1. The van der Waals surface area contributed by atoms with Gasteiger partial charge in [-0.1, -0.05) is 0 Å². The van der Waals surface area contributed by atoms with E-state index in [1.807, 2.05) is 27.6 Å². The molecule has 0 aliphatic carbocycles. The van der Waals surface area contributed by atoms with E-state index < -0.39 is 4.92 Å². The summed E-state index contributed by atoms with van der Waals surface area (Å²) in [5.74, 6) is 2.02. The number of anilines is 1. The first kappa shape index (κ1) is 16.6. The van der Waals surface area contributed by atoms with Crippen molar-refractivity contribution in [3.63, 3.8) is 0 Å². The van der Waals surface area contributed by atoms with Crippen molar-refractivity contribution in [1.29, 1.82) is 5.26 Å². The molecule has 0 spiro atoms. The second kappa shape index (κ2) is 7.09. The Hall–Kier alpha value is -2.27. The molecule has 0 bridgehead atoms. The highest BCUT2D eigenvalue weighted by molar-refractivity contribution is 7.99. The molecule has 0 unspecified atom stereocenters. The Morgan fingerprint density at radius 2 is 2.08 bits per heavy atom. The van der Waals surface area contributed by atoms with Gasteiger partial charge in [0.05, 0.1) is 16.2 Å². The summed E-state index contributed by atoms with van der Waals surface area (Å²) >= 11 is 1.85. The molecule has 2 saturated heterocycles. The van der Waals surface area contributed by atoms with E-state index in [1.165, 1.54) is 12.1 Å². The molecule has 2 fully saturated rings. The van der Waals surface area contributed by atoms with Crippen LogP contribution in [0.2, 0.25) is 0 Å². The summed E-state index contributed by atoms with van der Waals surface area (Å²) in [6.07, 6.45) is 1.63. The molecule has 0 N–H and O–H groups in total. The zero-order valence-corrected chi connectivity index (χ0v) is 14.0. The van der Waals surface area contributed by atoms with E-state index in [1.54, 1.807) is 6.07 Å². The van der Waals surface area contributed by atoms with Gasteiger partial charge >= 0.3 is 0 Å². The number of nitro groups is 1. The number of nitriles is 1. The van der Waals surface area contributed by atoms with Gasteiger partial charge in [-0.05, 0) is 18.9 Å². The number of non-ortho nitro benzene ring substituents is 1. The van der Waals surface area contributed by atoms with E-state index in [0.29, 0.717) is 12.2 Å². The monoisotopic (exact) mass is 346 g/mol. The van der Waals surface area contributed by atoms with Crippen LogP contribution < -0.4 is 4.90 Å². The molecule has 126 valence electrons. The minimum absolute atomic E-state index is 0.106. The third-order valence-electron chi connectivity index (χ3n) is 4.48. The smallest absolute Gasteiger partial charge is 0.270 e. The molecule has 2 aliphatic heterocycles. The maximum atomic E-state index is 12.8. The first-order valence-corrected chi connectivity index (χ1v) is 9.09. The Bertz CT molecular complexity index is 697. The van der Waals surface area contributed by atoms with Gasteiger partial charge in [-0.2, -0.15) is 17.0 Å². The number of carbonyl (C=O) groups is 1. The van der Waals surface area contributed by atoms with Gasteiger partial charge in [-0.3, -0.25) is 14.9 Å². The largest absolute Gasteiger partial charge is 0.358 e. The molecule has 0 saturated carbocycles. The normalized spacial score (nSPS) is 20.7. The van der Waals surface area contributed by atoms with Gasteiger partial charge in [-0.15, -0.1) is 0 Å². The lowest BCUT2D eigenvalue weighted by Crippen LogP contribution is -2.48. The molecule has 2 heterocycles. The van der Waals surface area contributed by atoms with Crippen LogP contribution in [-0.4, -0.2) is 52.9 Å². The summed E-state index contributed by atoms with van der Waals surface area (Å²) in [6.45, 7) is 2.21. The number of thioether (sulfide) groups is 1. The van der Waals surface area contributed by atoms with Gasteiger partial charge in [0.15, 0.2) is 0 Å². The molecule has 1 aromatic rings. The zero-order valence-electron chi connectivity index (χ0n) is 13.2. The molecule has 24 heavy (non-hydrogen) atoms. The second-order valence-corrected chi connectivity index (χ2v) is 7.08. The second-order valence-electron chi connectivity index (χ2n) is 5.86. The summed E-state index contributed by atoms with van der Waals surface area (Å²) in [5, 5.41) is 20.3. The molecule has 1 atom stereocenters. The van der Waals surface area contributed by atoms with Gasteiger partial charge in [-0.25, -0.2) is 0 Å². The summed E-state index contributed by atoms with van der Waals surface area (Å²) < 4.78 is 0. The number of hydrogen-bond donors (Lipinski definition) is 0. The maximum absolute atomic E-state index is 12.8. The number of benzene rings is 1. The molecular weight excluding hydrogens is 328 g/mol. The average Bonchev–Trinajstić information content (AvgIpc) is 3.10. The predicted molar refractivity (Wildman–Crippen MR) is 92.1 cm³/mol. The molecule has 8 heteroatoms. The van der Waals surface area contributed by atoms with Crippen molar-refractivity contribution in [2.24, 2.45) is 0 Å². The van der Waals surface area contributed by atoms with E-state index in [2.05, 4.69) is 0 Å². The Morgan fingerprint density at radius 3 is 2.75 bits per heavy atom. The number of nitro benzene ring substituents is 1. The zero-order chi connectivity index (χ0) is 17.1. The Morgan fingerprint density at radius 1 is 1.33 bits per heavy atom. The first-order valence-electron chi connectivity index (χ1n) is 7.93. The highest BCUT2D eigenvalue weighted by Gasteiger charge is 2.35. The average molecular weight is 346 g/mol. The molecular formula is C16H18N4O3S. The molecule has 2 aliphatic rings. The highest BCUT2D eigenvalue weighted by Crippen LogP contribution is 2.32. The third kappa shape index (κ3) is 3.17. The first-order chi connectivity index (χ1) is 11.6. The van der Waals surface area contributed by atoms with Gasteiger partial charge < -0.3 is 9.80 Å². The van der Waals surface area contributed by atoms with Crippen molar-refractivity contribution in [2.75, 3.05) is 36.0 Å². The summed E-state index contributed by atoms with van der Waals surface area (Å²) in [5.41, 5.74) is 0.758. The molecule has 3 rings (SSSR count). The number of amides is 1. The van der Waals surface area contributed by atoms with Crippen molar-refractivity contribution < 1.29 is 9.72 Å². The topological polar surface area (TPSA) is 90.5 Å². The lowest BCUT2D eigenvalue weighted by Gasteiger charge is -2.33. The van der Waals surface area contributed by atoms with E-state index in [0.717, 1.165) is 37.4 Å². The highest BCUT2D eigenvalue weighted by atomic mass is 32.2. The maximum Gasteiger partial charge on any atom is 0.270 e. The van der Waals surface area contributed by atoms with Crippen LogP contribution in [0.25, 0.3) is 0 Å². The number of nitrogens with zero attached hydrogens (tertiary/aromatic N) is 4. The molecule has 0 aromatic heterocycles. The van der Waals surface area contributed by atoms with Crippen LogP contribution in [-0.2, 0) is 4.79 Å². The van der Waals surface area contributed by atoms with E-state index >= 15 is 0 Å². The quantitative estimate of drug-likeness (QED) is 0.614. The van der Waals surface area contributed by atoms with Crippen molar-refractivity contribution in [1.82, 2.24) is 4.90 Å². The number of carbonyl (C=O) groups excluding carboxylic acids is 1. The molecule has 0 radical (unpaired) electrons. The third-order valence-corrected chi connectivity index (χ3v) is 5.42. The molecule has 7 nitrogen and oxygen atoms in total. The van der Waals surface area contributed by atoms with E-state index in [9.17, 15) is 20.2 Å². The minimum Gasteiger partial charge on any atom is -0.358 e. The summed E-state index contributed by atoms with van der Waals surface area (Å²) in [7, 11) is 0. The molecule has 1 amide bonds. The Kier molecular flexibility index (Phi) is 4.90. The van der Waals surface area contributed by atoms with E-state index in [4.69, 9.17) is 0 Å². The fraction of sp³-hybridized carbons (Fsp3) is 0.500. The summed E-state index contributed by atoms with van der Waals surface area (Å²) in [6, 6.07) is 6.03.